The first-order valence-corrected chi connectivity index (χ1v) is 6.58. The normalized spacial score (nSPS) is 12.1. The van der Waals surface area contributed by atoms with Gasteiger partial charge in [-0.05, 0) is 5.56 Å². The molecule has 0 radical (unpaired) electrons. The largest absolute Gasteiger partial charge is 0.394 e. The zero-order valence-electron chi connectivity index (χ0n) is 11.5. The van der Waals surface area contributed by atoms with Crippen molar-refractivity contribution < 1.29 is 10.2 Å². The smallest absolute Gasteiger partial charge is 0.169 e. The highest BCUT2D eigenvalue weighted by atomic mass is 16.3. The van der Waals surface area contributed by atoms with E-state index in [9.17, 15) is 5.11 Å². The number of hydrogen-bond donors (Lipinski definition) is 5. The van der Waals surface area contributed by atoms with Crippen LogP contribution in [0.2, 0.25) is 0 Å². The van der Waals surface area contributed by atoms with Crippen LogP contribution in [0.15, 0.2) is 30.5 Å². The lowest BCUT2D eigenvalue weighted by molar-refractivity contribution is 0.105. The molecule has 7 heteroatoms. The lowest BCUT2D eigenvalue weighted by Gasteiger charge is -2.12. The van der Waals surface area contributed by atoms with E-state index in [0.29, 0.717) is 18.1 Å². The van der Waals surface area contributed by atoms with Gasteiger partial charge in [0.05, 0.1) is 24.6 Å². The van der Waals surface area contributed by atoms with E-state index in [-0.39, 0.29) is 19.0 Å². The molecule has 0 bridgehead atoms. The van der Waals surface area contributed by atoms with Gasteiger partial charge in [-0.15, -0.1) is 0 Å². The number of nitrogens with zero attached hydrogens (tertiary/aromatic N) is 2. The molecule has 1 aromatic carbocycles. The minimum absolute atomic E-state index is 0.144. The van der Waals surface area contributed by atoms with Crippen LogP contribution in [0.25, 0.3) is 11.3 Å². The first-order chi connectivity index (χ1) is 10.1. The molecular formula is C14H19N5O2. The second kappa shape index (κ2) is 6.98. The van der Waals surface area contributed by atoms with Crippen molar-refractivity contribution in [2.24, 2.45) is 5.73 Å². The van der Waals surface area contributed by atoms with Crippen molar-refractivity contribution in [2.45, 2.75) is 12.6 Å². The summed E-state index contributed by atoms with van der Waals surface area (Å²) >= 11 is 0. The average Bonchev–Trinajstić information content (AvgIpc) is 2.54. The van der Waals surface area contributed by atoms with Crippen molar-refractivity contribution in [2.75, 3.05) is 24.2 Å². The lowest BCUT2D eigenvalue weighted by Crippen LogP contribution is -2.24. The van der Waals surface area contributed by atoms with E-state index in [1.54, 1.807) is 6.20 Å². The number of nitrogens with two attached hydrogens (primary N) is 2. The van der Waals surface area contributed by atoms with Crippen LogP contribution < -0.4 is 16.8 Å². The number of hydrogen-bond acceptors (Lipinski definition) is 7. The molecule has 112 valence electrons. The van der Waals surface area contributed by atoms with E-state index in [1.807, 2.05) is 24.3 Å². The van der Waals surface area contributed by atoms with E-state index in [2.05, 4.69) is 15.3 Å². The van der Waals surface area contributed by atoms with E-state index < -0.39 is 6.10 Å². The number of benzene rings is 1. The summed E-state index contributed by atoms with van der Waals surface area (Å²) in [5.41, 5.74) is 13.9. The number of nitrogen functional groups attached to an aromatic ring is 1. The Morgan fingerprint density at radius 1 is 1.24 bits per heavy atom. The first-order valence-electron chi connectivity index (χ1n) is 6.58. The van der Waals surface area contributed by atoms with Gasteiger partial charge in [0.25, 0.3) is 0 Å². The molecule has 0 saturated heterocycles. The van der Waals surface area contributed by atoms with Gasteiger partial charge >= 0.3 is 0 Å². The summed E-state index contributed by atoms with van der Waals surface area (Å²) in [6.07, 6.45) is 0.708. The van der Waals surface area contributed by atoms with E-state index in [0.717, 1.165) is 11.1 Å². The number of rotatable bonds is 6. The molecule has 1 unspecified atom stereocenters. The maximum Gasteiger partial charge on any atom is 0.169 e. The van der Waals surface area contributed by atoms with Gasteiger partial charge in [-0.3, -0.25) is 0 Å². The summed E-state index contributed by atoms with van der Waals surface area (Å²) in [6, 6.07) is 7.68. The summed E-state index contributed by atoms with van der Waals surface area (Å²) in [7, 11) is 0. The number of aliphatic hydroxyl groups is 2. The summed E-state index contributed by atoms with van der Waals surface area (Å²) in [6.45, 7) is 0.297. The molecular weight excluding hydrogens is 270 g/mol. The van der Waals surface area contributed by atoms with E-state index in [4.69, 9.17) is 16.6 Å². The fourth-order valence-electron chi connectivity index (χ4n) is 1.76. The van der Waals surface area contributed by atoms with Crippen LogP contribution in [0.3, 0.4) is 0 Å². The molecule has 0 amide bonds. The van der Waals surface area contributed by atoms with Gasteiger partial charge in [0.15, 0.2) is 11.6 Å². The van der Waals surface area contributed by atoms with Crippen LogP contribution >= 0.6 is 0 Å². The third-order valence-electron chi connectivity index (χ3n) is 3.00. The average molecular weight is 289 g/mol. The highest BCUT2D eigenvalue weighted by Crippen LogP contribution is 2.21. The molecule has 0 fully saturated rings. The van der Waals surface area contributed by atoms with Crippen molar-refractivity contribution >= 4 is 11.6 Å². The Balaban J connectivity index is 2.20. The molecule has 0 aliphatic carbocycles. The predicted octanol–water partition coefficient (Wildman–Crippen LogP) is -0.0504. The van der Waals surface area contributed by atoms with Crippen LogP contribution in [0.1, 0.15) is 5.56 Å². The Morgan fingerprint density at radius 2 is 1.95 bits per heavy atom. The third kappa shape index (κ3) is 3.88. The molecule has 2 rings (SSSR count). The zero-order chi connectivity index (χ0) is 15.2. The van der Waals surface area contributed by atoms with Crippen molar-refractivity contribution in [3.8, 4) is 11.3 Å². The number of aromatic nitrogens is 2. The Hall–Kier alpha value is -2.22. The highest BCUT2D eigenvalue weighted by molar-refractivity contribution is 5.65. The van der Waals surface area contributed by atoms with Crippen molar-refractivity contribution in [3.63, 3.8) is 0 Å². The Bertz CT molecular complexity index is 588. The second-order valence-corrected chi connectivity index (χ2v) is 4.61. The molecule has 1 heterocycles. The summed E-state index contributed by atoms with van der Waals surface area (Å²) in [4.78, 5) is 8.47. The second-order valence-electron chi connectivity index (χ2n) is 4.61. The Kier molecular flexibility index (Phi) is 5.04. The van der Waals surface area contributed by atoms with Gasteiger partial charge in [0.2, 0.25) is 0 Å². The molecule has 0 saturated carbocycles. The van der Waals surface area contributed by atoms with Crippen LogP contribution in [0.5, 0.6) is 0 Å². The SMILES string of the molecule is NCc1ccc(-c2cnc(N)c(NCC(O)CO)n2)cc1. The van der Waals surface area contributed by atoms with Crippen molar-refractivity contribution in [1.82, 2.24) is 9.97 Å². The molecule has 0 spiro atoms. The van der Waals surface area contributed by atoms with Crippen LogP contribution in [-0.4, -0.2) is 39.4 Å². The fourth-order valence-corrected chi connectivity index (χ4v) is 1.76. The lowest BCUT2D eigenvalue weighted by atomic mass is 10.1. The summed E-state index contributed by atoms with van der Waals surface area (Å²) in [5, 5.41) is 21.0. The topological polar surface area (TPSA) is 130 Å². The molecule has 7 nitrogen and oxygen atoms in total. The predicted molar refractivity (Wildman–Crippen MR) is 81.4 cm³/mol. The van der Waals surface area contributed by atoms with Gasteiger partial charge in [-0.1, -0.05) is 24.3 Å². The third-order valence-corrected chi connectivity index (χ3v) is 3.00. The van der Waals surface area contributed by atoms with Crippen LogP contribution in [0, 0.1) is 0 Å². The van der Waals surface area contributed by atoms with Gasteiger partial charge in [-0.25, -0.2) is 9.97 Å². The molecule has 0 aliphatic rings. The van der Waals surface area contributed by atoms with Crippen LogP contribution in [-0.2, 0) is 6.54 Å². The van der Waals surface area contributed by atoms with Crippen LogP contribution in [0.4, 0.5) is 11.6 Å². The van der Waals surface area contributed by atoms with Gasteiger partial charge < -0.3 is 27.0 Å². The first kappa shape index (κ1) is 15.2. The molecule has 1 atom stereocenters. The minimum Gasteiger partial charge on any atom is -0.394 e. The number of anilines is 2. The van der Waals surface area contributed by atoms with Gasteiger partial charge in [-0.2, -0.15) is 0 Å². The van der Waals surface area contributed by atoms with Crippen molar-refractivity contribution in [1.29, 1.82) is 0 Å². The number of aliphatic hydroxyl groups excluding tert-OH is 2. The van der Waals surface area contributed by atoms with E-state index >= 15 is 0 Å². The maximum atomic E-state index is 9.34. The zero-order valence-corrected chi connectivity index (χ0v) is 11.5. The maximum absolute atomic E-state index is 9.34. The molecule has 7 N–H and O–H groups in total. The van der Waals surface area contributed by atoms with Crippen molar-refractivity contribution in [3.05, 3.63) is 36.0 Å². The van der Waals surface area contributed by atoms with Gasteiger partial charge in [0.1, 0.15) is 0 Å². The minimum atomic E-state index is -0.876. The summed E-state index contributed by atoms with van der Waals surface area (Å²) in [5.74, 6) is 0.616. The standard InChI is InChI=1S/C14H19N5O2/c15-5-9-1-3-10(4-2-9)12-7-17-13(16)14(19-12)18-6-11(21)8-20/h1-4,7,11,20-21H,5-6,8,15H2,(H2,16,17)(H,18,19). The molecule has 2 aromatic rings. The molecule has 0 aliphatic heterocycles. The molecule has 1 aromatic heterocycles. The fraction of sp³-hybridized carbons (Fsp3) is 0.286. The Morgan fingerprint density at radius 3 is 2.57 bits per heavy atom. The van der Waals surface area contributed by atoms with Gasteiger partial charge in [0, 0.05) is 18.7 Å². The quantitative estimate of drug-likeness (QED) is 0.504. The Labute approximate surface area is 122 Å². The summed E-state index contributed by atoms with van der Waals surface area (Å²) < 4.78 is 0. The highest BCUT2D eigenvalue weighted by Gasteiger charge is 2.08. The number of nitrogens with one attached hydrogen (secondary N) is 1. The monoisotopic (exact) mass is 289 g/mol. The molecule has 21 heavy (non-hydrogen) atoms. The van der Waals surface area contributed by atoms with E-state index in [1.165, 1.54) is 0 Å².